The number of hydrogen-bond acceptors (Lipinski definition) is 3. The number of nitrogens with one attached hydrogen (secondary N) is 2. The molecule has 120 valence electrons. The van der Waals surface area contributed by atoms with Crippen molar-refractivity contribution in [1.29, 1.82) is 0 Å². The minimum atomic E-state index is -0.356. The summed E-state index contributed by atoms with van der Waals surface area (Å²) < 4.78 is 0. The summed E-state index contributed by atoms with van der Waals surface area (Å²) in [6.45, 7) is 10.4. The second-order valence-electron chi connectivity index (χ2n) is 6.36. The van der Waals surface area contributed by atoms with Crippen LogP contribution in [0.15, 0.2) is 0 Å². The van der Waals surface area contributed by atoms with Gasteiger partial charge in [-0.2, -0.15) is 0 Å². The molecular weight excluding hydrogens is 278 g/mol. The molecule has 5 nitrogen and oxygen atoms in total. The normalized spacial score (nSPS) is 11.5. The first-order valence-electron chi connectivity index (χ1n) is 6.94. The molecule has 0 rings (SSSR count). The zero-order chi connectivity index (χ0) is 15.1. The fraction of sp³-hybridized carbons (Fsp3) is 0.857. The van der Waals surface area contributed by atoms with Crippen LogP contribution in [0.3, 0.4) is 0 Å². The predicted molar refractivity (Wildman–Crippen MR) is 84.8 cm³/mol. The summed E-state index contributed by atoms with van der Waals surface area (Å²) in [7, 11) is 0. The van der Waals surface area contributed by atoms with Gasteiger partial charge in [0.05, 0.1) is 6.54 Å². The topological polar surface area (TPSA) is 84.2 Å². The molecule has 0 spiro atoms. The first-order valence-corrected chi connectivity index (χ1v) is 6.94. The van der Waals surface area contributed by atoms with Crippen molar-refractivity contribution in [2.75, 3.05) is 13.1 Å². The van der Waals surface area contributed by atoms with Crippen LogP contribution >= 0.6 is 12.4 Å². The van der Waals surface area contributed by atoms with Gasteiger partial charge in [0.25, 0.3) is 0 Å². The van der Waals surface area contributed by atoms with E-state index >= 15 is 0 Å². The molecule has 20 heavy (non-hydrogen) atoms. The maximum Gasteiger partial charge on any atom is 0.239 e. The molecule has 0 bridgehead atoms. The minimum Gasteiger partial charge on any atom is -0.353 e. The number of hydrogen-bond donors (Lipinski definition) is 3. The van der Waals surface area contributed by atoms with Gasteiger partial charge in [-0.1, -0.05) is 34.6 Å². The van der Waals surface area contributed by atoms with Gasteiger partial charge in [-0.25, -0.2) is 0 Å². The molecule has 0 saturated heterocycles. The maximum absolute atomic E-state index is 11.6. The van der Waals surface area contributed by atoms with Gasteiger partial charge in [0.1, 0.15) is 0 Å². The summed E-state index contributed by atoms with van der Waals surface area (Å²) in [5.41, 5.74) is 5.65. The van der Waals surface area contributed by atoms with Crippen LogP contribution in [0.25, 0.3) is 0 Å². The van der Waals surface area contributed by atoms with Crippen LogP contribution in [0.4, 0.5) is 0 Å². The lowest BCUT2D eigenvalue weighted by molar-refractivity contribution is -0.127. The summed E-state index contributed by atoms with van der Waals surface area (Å²) >= 11 is 0. The van der Waals surface area contributed by atoms with Crippen molar-refractivity contribution < 1.29 is 9.59 Å². The Morgan fingerprint density at radius 3 is 1.90 bits per heavy atom. The minimum absolute atomic E-state index is 0. The highest BCUT2D eigenvalue weighted by atomic mass is 35.5. The molecule has 0 aromatic carbocycles. The SMILES string of the molecule is CCC(N)(CC)CNC(=O)CNC(=O)CC(C)(C)C.Cl. The fourth-order valence-corrected chi connectivity index (χ4v) is 1.56. The van der Waals surface area contributed by atoms with E-state index in [-0.39, 0.29) is 41.7 Å². The van der Waals surface area contributed by atoms with E-state index in [9.17, 15) is 9.59 Å². The van der Waals surface area contributed by atoms with E-state index in [0.717, 1.165) is 12.8 Å². The second-order valence-corrected chi connectivity index (χ2v) is 6.36. The van der Waals surface area contributed by atoms with Crippen LogP contribution in [0.1, 0.15) is 53.9 Å². The van der Waals surface area contributed by atoms with Gasteiger partial charge in [-0.05, 0) is 18.3 Å². The highest BCUT2D eigenvalue weighted by molar-refractivity contribution is 5.85. The zero-order valence-electron chi connectivity index (χ0n) is 13.3. The molecule has 0 aliphatic heterocycles. The molecule has 0 radical (unpaired) electrons. The number of nitrogens with two attached hydrogens (primary N) is 1. The van der Waals surface area contributed by atoms with Crippen molar-refractivity contribution in [3.63, 3.8) is 0 Å². The molecule has 0 aliphatic carbocycles. The molecular formula is C14H30ClN3O2. The Morgan fingerprint density at radius 2 is 1.50 bits per heavy atom. The summed E-state index contributed by atoms with van der Waals surface area (Å²) in [5, 5.41) is 5.38. The van der Waals surface area contributed by atoms with E-state index in [1.165, 1.54) is 0 Å². The van der Waals surface area contributed by atoms with Crippen LogP contribution in [-0.2, 0) is 9.59 Å². The van der Waals surface area contributed by atoms with Crippen molar-refractivity contribution in [1.82, 2.24) is 10.6 Å². The Kier molecular flexibility index (Phi) is 9.87. The lowest BCUT2D eigenvalue weighted by Crippen LogP contribution is -2.51. The summed E-state index contributed by atoms with van der Waals surface area (Å²) in [6, 6.07) is 0. The van der Waals surface area contributed by atoms with E-state index in [0.29, 0.717) is 13.0 Å². The van der Waals surface area contributed by atoms with Crippen molar-refractivity contribution >= 4 is 24.2 Å². The van der Waals surface area contributed by atoms with Crippen LogP contribution in [0, 0.1) is 5.41 Å². The van der Waals surface area contributed by atoms with E-state index < -0.39 is 0 Å². The molecule has 0 saturated carbocycles. The molecule has 0 heterocycles. The molecule has 4 N–H and O–H groups in total. The third-order valence-electron chi connectivity index (χ3n) is 3.18. The highest BCUT2D eigenvalue weighted by Crippen LogP contribution is 2.17. The van der Waals surface area contributed by atoms with Gasteiger partial charge < -0.3 is 16.4 Å². The molecule has 0 fully saturated rings. The Morgan fingerprint density at radius 1 is 1.00 bits per heavy atom. The van der Waals surface area contributed by atoms with Gasteiger partial charge >= 0.3 is 0 Å². The lowest BCUT2D eigenvalue weighted by Gasteiger charge is -2.26. The first-order chi connectivity index (χ1) is 8.62. The molecule has 0 atom stereocenters. The predicted octanol–water partition coefficient (Wildman–Crippen LogP) is 1.59. The quantitative estimate of drug-likeness (QED) is 0.668. The highest BCUT2D eigenvalue weighted by Gasteiger charge is 2.21. The van der Waals surface area contributed by atoms with Gasteiger partial charge in [0.2, 0.25) is 11.8 Å². The van der Waals surface area contributed by atoms with Gasteiger partial charge in [0, 0.05) is 18.5 Å². The smallest absolute Gasteiger partial charge is 0.239 e. The Bertz CT molecular complexity index is 310. The third kappa shape index (κ3) is 10.0. The number of amides is 2. The zero-order valence-corrected chi connectivity index (χ0v) is 14.2. The van der Waals surface area contributed by atoms with Crippen molar-refractivity contribution in [2.45, 2.75) is 59.4 Å². The lowest BCUT2D eigenvalue weighted by atomic mass is 9.92. The fourth-order valence-electron chi connectivity index (χ4n) is 1.56. The summed E-state index contributed by atoms with van der Waals surface area (Å²) in [6.07, 6.45) is 2.02. The molecule has 0 unspecified atom stereocenters. The molecule has 0 aromatic rings. The van der Waals surface area contributed by atoms with Crippen molar-refractivity contribution in [3.05, 3.63) is 0 Å². The van der Waals surface area contributed by atoms with E-state index in [2.05, 4.69) is 10.6 Å². The molecule has 0 aliphatic rings. The van der Waals surface area contributed by atoms with Crippen LogP contribution in [0.2, 0.25) is 0 Å². The molecule has 0 aromatic heterocycles. The maximum atomic E-state index is 11.6. The second kappa shape index (κ2) is 9.19. The standard InChI is InChI=1S/C14H29N3O2.ClH/c1-6-14(15,7-2)10-17-12(19)9-16-11(18)8-13(3,4)5;/h6-10,15H2,1-5H3,(H,16,18)(H,17,19);1H. The van der Waals surface area contributed by atoms with Crippen molar-refractivity contribution in [2.24, 2.45) is 11.1 Å². The Balaban J connectivity index is 0. The largest absolute Gasteiger partial charge is 0.353 e. The summed E-state index contributed by atoms with van der Waals surface area (Å²) in [4.78, 5) is 23.2. The van der Waals surface area contributed by atoms with E-state index in [1.807, 2.05) is 34.6 Å². The van der Waals surface area contributed by atoms with Crippen LogP contribution in [0.5, 0.6) is 0 Å². The van der Waals surface area contributed by atoms with E-state index in [4.69, 9.17) is 5.73 Å². The summed E-state index contributed by atoms with van der Waals surface area (Å²) in [5.74, 6) is -0.299. The first kappa shape index (κ1) is 21.5. The monoisotopic (exact) mass is 307 g/mol. The number of rotatable bonds is 7. The van der Waals surface area contributed by atoms with E-state index in [1.54, 1.807) is 0 Å². The number of carbonyl (C=O) groups excluding carboxylic acids is 2. The molecule has 2 amide bonds. The third-order valence-corrected chi connectivity index (χ3v) is 3.18. The Labute approximate surface area is 128 Å². The van der Waals surface area contributed by atoms with Crippen LogP contribution in [-0.4, -0.2) is 30.4 Å². The van der Waals surface area contributed by atoms with Gasteiger partial charge in [-0.3, -0.25) is 9.59 Å². The number of carbonyl (C=O) groups is 2. The number of halogens is 1. The average Bonchev–Trinajstić information content (AvgIpc) is 2.31. The van der Waals surface area contributed by atoms with Gasteiger partial charge in [-0.15, -0.1) is 12.4 Å². The average molecular weight is 308 g/mol. The molecule has 6 heteroatoms. The van der Waals surface area contributed by atoms with Crippen molar-refractivity contribution in [3.8, 4) is 0 Å². The van der Waals surface area contributed by atoms with Crippen LogP contribution < -0.4 is 16.4 Å². The Hall–Kier alpha value is -0.810. The van der Waals surface area contributed by atoms with Gasteiger partial charge in [0.15, 0.2) is 0 Å².